The van der Waals surface area contributed by atoms with Crippen LogP contribution in [0.25, 0.3) is 0 Å². The zero-order chi connectivity index (χ0) is 8.57. The van der Waals surface area contributed by atoms with E-state index in [-0.39, 0.29) is 0 Å². The van der Waals surface area contributed by atoms with E-state index in [2.05, 4.69) is 19.0 Å². The van der Waals surface area contributed by atoms with Gasteiger partial charge in [-0.1, -0.05) is 26.6 Å². The van der Waals surface area contributed by atoms with Gasteiger partial charge in [0, 0.05) is 0 Å². The Kier molecular flexibility index (Phi) is 11.4. The van der Waals surface area contributed by atoms with Gasteiger partial charge in [-0.25, -0.2) is 0 Å². The van der Waals surface area contributed by atoms with Crippen molar-refractivity contribution in [2.45, 2.75) is 33.0 Å². The lowest BCUT2D eigenvalue weighted by molar-refractivity contribution is 0.398. The number of rotatable bonds is 3. The summed E-state index contributed by atoms with van der Waals surface area (Å²) in [6.07, 6.45) is 1.09. The van der Waals surface area contributed by atoms with E-state index in [0.29, 0.717) is 5.82 Å². The van der Waals surface area contributed by atoms with Gasteiger partial charge in [0.25, 0.3) is 0 Å². The minimum Gasteiger partial charge on any atom is -0.309 e. The minimum absolute atomic E-state index is 0.345. The Hall–Kier alpha value is 0.0249. The summed E-state index contributed by atoms with van der Waals surface area (Å²) >= 11 is 0. The van der Waals surface area contributed by atoms with Crippen molar-refractivity contribution < 1.29 is 0 Å². The average Bonchev–Trinajstić information content (AvgIpc) is 1.89. The minimum atomic E-state index is 0.345. The molecule has 10 heavy (non-hydrogen) atoms. The highest BCUT2D eigenvalue weighted by molar-refractivity contribution is 6.11. The molecule has 0 saturated heterocycles. The summed E-state index contributed by atoms with van der Waals surface area (Å²) in [6.45, 7) is 7.13. The molecular formula is C8H20BN. The number of hydrogen-bond donors (Lipinski definition) is 0. The third-order valence-electron chi connectivity index (χ3n) is 1.03. The van der Waals surface area contributed by atoms with Crippen molar-refractivity contribution in [3.05, 3.63) is 0 Å². The highest BCUT2D eigenvalue weighted by Crippen LogP contribution is 2.01. The highest BCUT2D eigenvalue weighted by Gasteiger charge is 1.92. The van der Waals surface area contributed by atoms with Crippen LogP contribution in [0.5, 0.6) is 0 Å². The molecule has 0 aromatic rings. The van der Waals surface area contributed by atoms with Crippen LogP contribution in [-0.2, 0) is 0 Å². The standard InChI is InChI=1S/C6H14BN.C2H6/c1-6(7)4-5-8(2)3;1-2/h6H,4-5H2,1-3H3;1-2H3. The lowest BCUT2D eigenvalue weighted by Gasteiger charge is -2.10. The fourth-order valence-corrected chi connectivity index (χ4v) is 0.462. The third-order valence-corrected chi connectivity index (χ3v) is 1.03. The molecular weight excluding hydrogens is 121 g/mol. The van der Waals surface area contributed by atoms with E-state index < -0.39 is 0 Å². The first kappa shape index (κ1) is 12.7. The fourth-order valence-electron chi connectivity index (χ4n) is 0.462. The van der Waals surface area contributed by atoms with Crippen LogP contribution in [0.15, 0.2) is 0 Å². The van der Waals surface area contributed by atoms with Gasteiger partial charge in [-0.15, -0.1) is 0 Å². The predicted molar refractivity (Wildman–Crippen MR) is 49.7 cm³/mol. The SMILES string of the molecule is CC.[B]C(C)CCN(C)C. The van der Waals surface area contributed by atoms with Gasteiger partial charge in [-0.2, -0.15) is 0 Å². The van der Waals surface area contributed by atoms with Crippen LogP contribution in [0, 0.1) is 0 Å². The van der Waals surface area contributed by atoms with E-state index in [9.17, 15) is 0 Å². The summed E-state index contributed by atoms with van der Waals surface area (Å²) in [5.41, 5.74) is 0. The van der Waals surface area contributed by atoms with E-state index in [1.54, 1.807) is 0 Å². The molecule has 0 amide bonds. The molecule has 2 radical (unpaired) electrons. The van der Waals surface area contributed by atoms with Gasteiger partial charge in [0.2, 0.25) is 0 Å². The molecule has 0 heterocycles. The van der Waals surface area contributed by atoms with Gasteiger partial charge in [0.05, 0.1) is 7.85 Å². The van der Waals surface area contributed by atoms with E-state index in [4.69, 9.17) is 7.85 Å². The normalized spacial score (nSPS) is 12.2. The van der Waals surface area contributed by atoms with Gasteiger partial charge in [-0.3, -0.25) is 0 Å². The zero-order valence-electron chi connectivity index (χ0n) is 8.02. The van der Waals surface area contributed by atoms with Crippen LogP contribution in [0.1, 0.15) is 27.2 Å². The van der Waals surface area contributed by atoms with E-state index in [0.717, 1.165) is 13.0 Å². The zero-order valence-corrected chi connectivity index (χ0v) is 8.02. The summed E-state index contributed by atoms with van der Waals surface area (Å²) in [5.74, 6) is 0.345. The second kappa shape index (κ2) is 9.02. The number of hydrogen-bond acceptors (Lipinski definition) is 1. The Morgan fingerprint density at radius 1 is 1.30 bits per heavy atom. The van der Waals surface area contributed by atoms with Gasteiger partial charge < -0.3 is 4.90 Å². The Bertz CT molecular complexity index is 45.2. The average molecular weight is 141 g/mol. The topological polar surface area (TPSA) is 3.24 Å². The van der Waals surface area contributed by atoms with Crippen LogP contribution < -0.4 is 0 Å². The third kappa shape index (κ3) is 15.7. The molecule has 0 spiro atoms. The van der Waals surface area contributed by atoms with Crippen LogP contribution >= 0.6 is 0 Å². The van der Waals surface area contributed by atoms with Crippen molar-refractivity contribution in [3.8, 4) is 0 Å². The predicted octanol–water partition coefficient (Wildman–Crippen LogP) is 1.94. The maximum atomic E-state index is 5.51. The Labute approximate surface area is 67.2 Å². The number of nitrogens with zero attached hydrogens (tertiary/aromatic N) is 1. The van der Waals surface area contributed by atoms with Gasteiger partial charge >= 0.3 is 0 Å². The van der Waals surface area contributed by atoms with Crippen molar-refractivity contribution in [2.75, 3.05) is 20.6 Å². The molecule has 0 aliphatic carbocycles. The molecule has 0 N–H and O–H groups in total. The summed E-state index contributed by atoms with van der Waals surface area (Å²) in [4.78, 5) is 2.14. The van der Waals surface area contributed by atoms with E-state index >= 15 is 0 Å². The van der Waals surface area contributed by atoms with Crippen LogP contribution in [0.2, 0.25) is 5.82 Å². The van der Waals surface area contributed by atoms with Gasteiger partial charge in [0.1, 0.15) is 0 Å². The fraction of sp³-hybridized carbons (Fsp3) is 1.00. The molecule has 0 aliphatic heterocycles. The summed E-state index contributed by atoms with van der Waals surface area (Å²) in [6, 6.07) is 0. The molecule has 0 rings (SSSR count). The van der Waals surface area contributed by atoms with Crippen LogP contribution in [0.3, 0.4) is 0 Å². The van der Waals surface area contributed by atoms with Crippen molar-refractivity contribution in [3.63, 3.8) is 0 Å². The molecule has 0 bridgehead atoms. The maximum Gasteiger partial charge on any atom is 0.0696 e. The Balaban J connectivity index is 0. The molecule has 60 valence electrons. The Morgan fingerprint density at radius 3 is 1.80 bits per heavy atom. The molecule has 2 heteroatoms. The monoisotopic (exact) mass is 141 g/mol. The molecule has 0 aromatic heterocycles. The van der Waals surface area contributed by atoms with Crippen LogP contribution in [-0.4, -0.2) is 33.4 Å². The summed E-state index contributed by atoms with van der Waals surface area (Å²) in [5, 5.41) is 0. The van der Waals surface area contributed by atoms with Crippen molar-refractivity contribution in [1.82, 2.24) is 4.90 Å². The second-order valence-corrected chi connectivity index (χ2v) is 2.57. The highest BCUT2D eigenvalue weighted by atomic mass is 15.0. The van der Waals surface area contributed by atoms with E-state index in [1.165, 1.54) is 0 Å². The summed E-state index contributed by atoms with van der Waals surface area (Å²) in [7, 11) is 9.63. The first-order valence-corrected chi connectivity index (χ1v) is 4.03. The van der Waals surface area contributed by atoms with E-state index in [1.807, 2.05) is 20.8 Å². The Morgan fingerprint density at radius 2 is 1.70 bits per heavy atom. The summed E-state index contributed by atoms with van der Waals surface area (Å²) < 4.78 is 0. The molecule has 0 aromatic carbocycles. The van der Waals surface area contributed by atoms with Crippen molar-refractivity contribution in [1.29, 1.82) is 0 Å². The van der Waals surface area contributed by atoms with Crippen LogP contribution in [0.4, 0.5) is 0 Å². The second-order valence-electron chi connectivity index (χ2n) is 2.57. The lowest BCUT2D eigenvalue weighted by atomic mass is 9.87. The molecule has 1 nitrogen and oxygen atoms in total. The molecule has 1 atom stereocenters. The van der Waals surface area contributed by atoms with Crippen molar-refractivity contribution >= 4 is 7.85 Å². The first-order chi connectivity index (χ1) is 4.63. The molecule has 1 unspecified atom stereocenters. The quantitative estimate of drug-likeness (QED) is 0.543. The molecule has 0 aliphatic rings. The molecule has 0 fully saturated rings. The first-order valence-electron chi connectivity index (χ1n) is 4.03. The van der Waals surface area contributed by atoms with Crippen molar-refractivity contribution in [2.24, 2.45) is 0 Å². The molecule has 0 saturated carbocycles. The largest absolute Gasteiger partial charge is 0.309 e. The smallest absolute Gasteiger partial charge is 0.0696 e. The van der Waals surface area contributed by atoms with Gasteiger partial charge in [-0.05, 0) is 27.1 Å². The lowest BCUT2D eigenvalue weighted by Crippen LogP contribution is -2.13. The maximum absolute atomic E-state index is 5.51. The van der Waals surface area contributed by atoms with Gasteiger partial charge in [0.15, 0.2) is 0 Å².